The van der Waals surface area contributed by atoms with Crippen LogP contribution in [0.25, 0.3) is 22.2 Å². The number of ketones is 1. The van der Waals surface area contributed by atoms with E-state index >= 15 is 0 Å². The first-order chi connectivity index (χ1) is 16.2. The molecular formula is C26H28N2O5. The van der Waals surface area contributed by atoms with Crippen molar-refractivity contribution < 1.29 is 23.7 Å². The third-order valence-corrected chi connectivity index (χ3v) is 6.29. The number of fused-ring (bicyclic) bond motifs is 1. The standard InChI is InChI=1S/C26H28N2O5/c1-30-25-14-18(5-7-24(25)33-20-8-11-31-12-9-20)22-15-23-21(3-2-10-27-23)26(28-22)32-16-17-4-6-19(29)13-17/h2-3,5,7,10,14-15,17,20H,4,6,8-9,11-13,16H2,1H3/t17-/m0/s1. The monoisotopic (exact) mass is 448 g/mol. The summed E-state index contributed by atoms with van der Waals surface area (Å²) < 4.78 is 23.3. The van der Waals surface area contributed by atoms with Crippen molar-refractivity contribution in [2.75, 3.05) is 26.9 Å². The zero-order valence-corrected chi connectivity index (χ0v) is 18.8. The van der Waals surface area contributed by atoms with Gasteiger partial charge in [-0.05, 0) is 42.8 Å². The van der Waals surface area contributed by atoms with Crippen molar-refractivity contribution in [2.45, 2.75) is 38.2 Å². The van der Waals surface area contributed by atoms with E-state index in [0.717, 1.165) is 60.4 Å². The normalized spacial score (nSPS) is 19.1. The number of carbonyl (C=O) groups excluding carboxylic acids is 1. The van der Waals surface area contributed by atoms with E-state index < -0.39 is 0 Å². The van der Waals surface area contributed by atoms with Crippen LogP contribution < -0.4 is 14.2 Å². The summed E-state index contributed by atoms with van der Waals surface area (Å²) in [7, 11) is 1.64. The number of hydrogen-bond acceptors (Lipinski definition) is 7. The fourth-order valence-electron chi connectivity index (χ4n) is 4.43. The van der Waals surface area contributed by atoms with Crippen LogP contribution >= 0.6 is 0 Å². The predicted molar refractivity (Wildman–Crippen MR) is 124 cm³/mol. The minimum absolute atomic E-state index is 0.129. The topological polar surface area (TPSA) is 79.8 Å². The van der Waals surface area contributed by atoms with Crippen LogP contribution in [0.1, 0.15) is 32.1 Å². The van der Waals surface area contributed by atoms with Gasteiger partial charge in [-0.2, -0.15) is 0 Å². The smallest absolute Gasteiger partial charge is 0.223 e. The predicted octanol–water partition coefficient (Wildman–Crippen LogP) is 4.61. The molecule has 33 heavy (non-hydrogen) atoms. The molecule has 1 saturated carbocycles. The maximum atomic E-state index is 11.6. The summed E-state index contributed by atoms with van der Waals surface area (Å²) in [5.41, 5.74) is 2.44. The lowest BCUT2D eigenvalue weighted by Gasteiger charge is -2.24. The summed E-state index contributed by atoms with van der Waals surface area (Å²) >= 11 is 0. The fraction of sp³-hybridized carbons (Fsp3) is 0.423. The third-order valence-electron chi connectivity index (χ3n) is 6.29. The van der Waals surface area contributed by atoms with Gasteiger partial charge >= 0.3 is 0 Å². The van der Waals surface area contributed by atoms with Gasteiger partial charge < -0.3 is 18.9 Å². The number of nitrogens with zero attached hydrogens (tertiary/aromatic N) is 2. The van der Waals surface area contributed by atoms with Gasteiger partial charge in [0.1, 0.15) is 11.9 Å². The van der Waals surface area contributed by atoms with Crippen LogP contribution in [0.4, 0.5) is 0 Å². The van der Waals surface area contributed by atoms with Crippen molar-refractivity contribution in [1.29, 1.82) is 0 Å². The van der Waals surface area contributed by atoms with Gasteiger partial charge in [-0.15, -0.1) is 0 Å². The molecule has 1 aliphatic carbocycles. The molecular weight excluding hydrogens is 420 g/mol. The highest BCUT2D eigenvalue weighted by Gasteiger charge is 2.23. The molecule has 2 aromatic heterocycles. The van der Waals surface area contributed by atoms with Gasteiger partial charge in [0.05, 0.1) is 43.5 Å². The summed E-state index contributed by atoms with van der Waals surface area (Å²) in [6, 6.07) is 11.6. The molecule has 7 heteroatoms. The molecule has 2 aliphatic rings. The van der Waals surface area contributed by atoms with Gasteiger partial charge in [-0.3, -0.25) is 9.78 Å². The van der Waals surface area contributed by atoms with Crippen molar-refractivity contribution in [3.8, 4) is 28.6 Å². The lowest BCUT2D eigenvalue weighted by molar-refractivity contribution is -0.117. The van der Waals surface area contributed by atoms with E-state index in [4.69, 9.17) is 23.9 Å². The second-order valence-electron chi connectivity index (χ2n) is 8.64. The van der Waals surface area contributed by atoms with Crippen LogP contribution in [0.2, 0.25) is 0 Å². The van der Waals surface area contributed by atoms with E-state index in [1.54, 1.807) is 13.3 Å². The molecule has 0 bridgehead atoms. The molecule has 0 radical (unpaired) electrons. The van der Waals surface area contributed by atoms with E-state index in [1.807, 2.05) is 36.4 Å². The number of rotatable bonds is 7. The van der Waals surface area contributed by atoms with Crippen molar-refractivity contribution in [1.82, 2.24) is 9.97 Å². The summed E-state index contributed by atoms with van der Waals surface area (Å²) in [6.07, 6.45) is 5.74. The first-order valence-corrected chi connectivity index (χ1v) is 11.5. The van der Waals surface area contributed by atoms with Gasteiger partial charge in [-0.1, -0.05) is 0 Å². The number of hydrogen-bond donors (Lipinski definition) is 0. The van der Waals surface area contributed by atoms with Gasteiger partial charge in [0, 0.05) is 43.4 Å². The molecule has 1 saturated heterocycles. The minimum atomic E-state index is 0.129. The van der Waals surface area contributed by atoms with Crippen molar-refractivity contribution >= 4 is 16.7 Å². The number of pyridine rings is 2. The molecule has 5 rings (SSSR count). The molecule has 172 valence electrons. The second kappa shape index (κ2) is 9.75. The SMILES string of the molecule is COc1cc(-c2cc3ncccc3c(OC[C@H]3CCC(=O)C3)n2)ccc1OC1CCOCC1. The highest BCUT2D eigenvalue weighted by Crippen LogP contribution is 2.36. The summed E-state index contributed by atoms with van der Waals surface area (Å²) in [6.45, 7) is 1.92. The highest BCUT2D eigenvalue weighted by atomic mass is 16.5. The van der Waals surface area contributed by atoms with Crippen LogP contribution in [0.3, 0.4) is 0 Å². The minimum Gasteiger partial charge on any atom is -0.493 e. The highest BCUT2D eigenvalue weighted by molar-refractivity contribution is 5.87. The van der Waals surface area contributed by atoms with Crippen molar-refractivity contribution in [3.63, 3.8) is 0 Å². The molecule has 0 N–H and O–H groups in total. The maximum absolute atomic E-state index is 11.6. The number of methoxy groups -OCH3 is 1. The average molecular weight is 449 g/mol. The van der Waals surface area contributed by atoms with Crippen molar-refractivity contribution in [3.05, 3.63) is 42.6 Å². The Bertz CT molecular complexity index is 1140. The van der Waals surface area contributed by atoms with Crippen LogP contribution in [0.15, 0.2) is 42.6 Å². The number of Topliss-reactive ketones (excluding diaryl/α,β-unsaturated/α-hetero) is 1. The Morgan fingerprint density at radius 2 is 1.97 bits per heavy atom. The van der Waals surface area contributed by atoms with Crippen LogP contribution in [0.5, 0.6) is 17.4 Å². The van der Waals surface area contributed by atoms with E-state index in [2.05, 4.69) is 4.98 Å². The molecule has 1 atom stereocenters. The molecule has 0 spiro atoms. The van der Waals surface area contributed by atoms with Gasteiger partial charge in [0.2, 0.25) is 5.88 Å². The maximum Gasteiger partial charge on any atom is 0.223 e. The van der Waals surface area contributed by atoms with Gasteiger partial charge in [0.15, 0.2) is 11.5 Å². The fourth-order valence-corrected chi connectivity index (χ4v) is 4.43. The lowest BCUT2D eigenvalue weighted by atomic mass is 10.1. The molecule has 1 aromatic carbocycles. The van der Waals surface area contributed by atoms with E-state index in [9.17, 15) is 4.79 Å². The first kappa shape index (κ1) is 21.6. The molecule has 0 unspecified atom stereocenters. The molecule has 2 fully saturated rings. The van der Waals surface area contributed by atoms with Crippen molar-refractivity contribution in [2.24, 2.45) is 5.92 Å². The van der Waals surface area contributed by atoms with E-state index in [-0.39, 0.29) is 12.0 Å². The molecule has 3 aromatic rings. The second-order valence-corrected chi connectivity index (χ2v) is 8.64. The molecule has 1 aliphatic heterocycles. The Morgan fingerprint density at radius 1 is 1.09 bits per heavy atom. The summed E-state index contributed by atoms with van der Waals surface area (Å²) in [4.78, 5) is 20.9. The van der Waals surface area contributed by atoms with Crippen LogP contribution in [-0.2, 0) is 9.53 Å². The number of aromatic nitrogens is 2. The largest absolute Gasteiger partial charge is 0.493 e. The van der Waals surface area contributed by atoms with E-state index in [0.29, 0.717) is 36.9 Å². The zero-order valence-electron chi connectivity index (χ0n) is 18.8. The Balaban J connectivity index is 1.43. The molecule has 7 nitrogen and oxygen atoms in total. The average Bonchev–Trinajstić information content (AvgIpc) is 3.28. The lowest BCUT2D eigenvalue weighted by Crippen LogP contribution is -2.26. The third kappa shape index (κ3) is 4.93. The number of ether oxygens (including phenoxy) is 4. The zero-order chi connectivity index (χ0) is 22.6. The number of carbonyl (C=O) groups is 1. The first-order valence-electron chi connectivity index (χ1n) is 11.5. The number of benzene rings is 1. The van der Waals surface area contributed by atoms with Crippen LogP contribution in [-0.4, -0.2) is 48.8 Å². The Kier molecular flexibility index (Phi) is 6.39. The Morgan fingerprint density at radius 3 is 2.76 bits per heavy atom. The van der Waals surface area contributed by atoms with E-state index in [1.165, 1.54) is 0 Å². The molecule has 3 heterocycles. The van der Waals surface area contributed by atoms with Gasteiger partial charge in [-0.25, -0.2) is 4.98 Å². The summed E-state index contributed by atoms with van der Waals surface area (Å²) in [5.74, 6) is 2.48. The van der Waals surface area contributed by atoms with Gasteiger partial charge in [0.25, 0.3) is 0 Å². The summed E-state index contributed by atoms with van der Waals surface area (Å²) in [5, 5.41) is 0.858. The Hall–Kier alpha value is -3.19. The quantitative estimate of drug-likeness (QED) is 0.522. The Labute approximate surface area is 193 Å². The van der Waals surface area contributed by atoms with Crippen LogP contribution in [0, 0.1) is 5.92 Å². The molecule has 0 amide bonds.